The van der Waals surface area contributed by atoms with Crippen LogP contribution < -0.4 is 20.2 Å². The molecule has 123 valence electrons. The SMILES string of the molecule is [I][V][I].c1ccc2c(c1)N=c1cc3c(cc1O2)=Nc1ccccc1O3. The van der Waals surface area contributed by atoms with Crippen molar-refractivity contribution in [3.05, 3.63) is 71.4 Å². The minimum Gasteiger partial charge on any atom is -0.453 e. The van der Waals surface area contributed by atoms with Crippen LogP contribution in [-0.2, 0) is 9.47 Å². The second-order valence-corrected chi connectivity index (χ2v) is 17.0. The molecule has 0 spiro atoms. The minimum absolute atomic E-state index is 0.628. The van der Waals surface area contributed by atoms with E-state index in [0.717, 1.165) is 33.6 Å². The molecular formula is C18H10I2N2O2V. The predicted molar refractivity (Wildman–Crippen MR) is 109 cm³/mol. The van der Waals surface area contributed by atoms with Crippen LogP contribution in [0.25, 0.3) is 0 Å². The van der Waals surface area contributed by atoms with Gasteiger partial charge in [-0.25, -0.2) is 9.98 Å². The molecule has 0 saturated heterocycles. The van der Waals surface area contributed by atoms with E-state index >= 15 is 0 Å². The molecular weight excluding hydrogens is 581 g/mol. The van der Waals surface area contributed by atoms with Crippen molar-refractivity contribution in [1.82, 2.24) is 0 Å². The Morgan fingerprint density at radius 3 is 1.48 bits per heavy atom. The number of nitrogens with zero attached hydrogens (tertiary/aromatic N) is 2. The molecule has 0 fully saturated rings. The summed E-state index contributed by atoms with van der Waals surface area (Å²) in [6, 6.07) is 19.2. The van der Waals surface area contributed by atoms with Gasteiger partial charge in [-0.2, -0.15) is 0 Å². The molecule has 0 saturated carbocycles. The second-order valence-electron chi connectivity index (χ2n) is 5.21. The summed E-state index contributed by atoms with van der Waals surface area (Å²) in [6.07, 6.45) is 0. The smallest absolute Gasteiger partial charge is 0.155 e. The van der Waals surface area contributed by atoms with E-state index in [9.17, 15) is 0 Å². The zero-order valence-corrected chi connectivity index (χ0v) is 18.4. The molecule has 0 atom stereocenters. The number of hydrogen-bond acceptors (Lipinski definition) is 4. The number of hydrogen-bond donors (Lipinski definition) is 0. The van der Waals surface area contributed by atoms with Crippen molar-refractivity contribution in [2.24, 2.45) is 9.98 Å². The molecule has 3 aromatic rings. The standard InChI is InChI=1S/C18H10N2O2.2HI.V/c1-3-7-15-11(5-1)19-13-9-18-14(10-17(13)21-15)20-12-6-2-4-8-16(12)22-18;;;/h1-10H;2*1H;/q;;;+2/p-2. The van der Waals surface area contributed by atoms with Crippen molar-refractivity contribution >= 4 is 51.3 Å². The van der Waals surface area contributed by atoms with Gasteiger partial charge in [0.05, 0.1) is 0 Å². The molecule has 2 heterocycles. The van der Waals surface area contributed by atoms with Crippen LogP contribution in [0.5, 0.6) is 23.0 Å². The maximum Gasteiger partial charge on any atom is 0.155 e. The van der Waals surface area contributed by atoms with Crippen molar-refractivity contribution in [3.8, 4) is 23.0 Å². The van der Waals surface area contributed by atoms with Gasteiger partial charge in [0, 0.05) is 12.1 Å². The number of halogens is 2. The zero-order chi connectivity index (χ0) is 17.2. The monoisotopic (exact) mass is 591 g/mol. The quantitative estimate of drug-likeness (QED) is 0.221. The summed E-state index contributed by atoms with van der Waals surface area (Å²) < 4.78 is 11.8. The van der Waals surface area contributed by atoms with Crippen LogP contribution in [-0.4, -0.2) is 0 Å². The van der Waals surface area contributed by atoms with Gasteiger partial charge in [-0.1, -0.05) is 24.3 Å². The molecule has 0 unspecified atom stereocenters. The molecule has 3 aromatic carbocycles. The molecule has 4 nitrogen and oxygen atoms in total. The van der Waals surface area contributed by atoms with Crippen molar-refractivity contribution in [2.75, 3.05) is 0 Å². The Balaban J connectivity index is 0.000000490. The first-order chi connectivity index (χ1) is 12.3. The first kappa shape index (κ1) is 17.3. The van der Waals surface area contributed by atoms with Gasteiger partial charge in [0.1, 0.15) is 22.1 Å². The molecule has 0 aromatic heterocycles. The molecule has 25 heavy (non-hydrogen) atoms. The molecule has 0 aliphatic carbocycles. The Hall–Kier alpha value is -1.10. The zero-order valence-electron chi connectivity index (χ0n) is 12.7. The van der Waals surface area contributed by atoms with Crippen molar-refractivity contribution in [1.29, 1.82) is 0 Å². The third kappa shape index (κ3) is 3.58. The average molecular weight is 591 g/mol. The first-order valence-corrected chi connectivity index (χ1v) is 16.4. The largest absolute Gasteiger partial charge is 0.453 e. The molecule has 0 bridgehead atoms. The Kier molecular flexibility index (Phi) is 5.30. The van der Waals surface area contributed by atoms with Crippen LogP contribution in [0.4, 0.5) is 11.4 Å². The topological polar surface area (TPSA) is 43.2 Å². The fourth-order valence-electron chi connectivity index (χ4n) is 2.64. The molecule has 7 heteroatoms. The third-order valence-corrected chi connectivity index (χ3v) is 3.69. The summed E-state index contributed by atoms with van der Waals surface area (Å²) in [5.74, 6) is 2.91. The summed E-state index contributed by atoms with van der Waals surface area (Å²) >= 11 is 4.74. The summed E-state index contributed by atoms with van der Waals surface area (Å²) in [5, 5.41) is 1.51. The number of fused-ring (bicyclic) bond motifs is 4. The minimum atomic E-state index is 0.628. The van der Waals surface area contributed by atoms with Crippen LogP contribution in [0.15, 0.2) is 70.6 Å². The van der Waals surface area contributed by atoms with Gasteiger partial charge in [-0.15, -0.1) is 0 Å². The van der Waals surface area contributed by atoms with E-state index in [1.807, 2.05) is 60.7 Å². The van der Waals surface area contributed by atoms with Crippen LogP contribution in [0.1, 0.15) is 0 Å². The van der Waals surface area contributed by atoms with Gasteiger partial charge in [0.2, 0.25) is 0 Å². The van der Waals surface area contributed by atoms with Gasteiger partial charge in [-0.05, 0) is 24.3 Å². The maximum absolute atomic E-state index is 5.92. The van der Waals surface area contributed by atoms with E-state index in [-0.39, 0.29) is 0 Å². The predicted octanol–water partition coefficient (Wildman–Crippen LogP) is 5.57. The van der Waals surface area contributed by atoms with E-state index < -0.39 is 0 Å². The maximum atomic E-state index is 5.92. The molecule has 0 radical (unpaired) electrons. The summed E-state index contributed by atoms with van der Waals surface area (Å²) in [6.45, 7) is 0. The van der Waals surface area contributed by atoms with Crippen molar-refractivity contribution < 1.29 is 18.9 Å². The third-order valence-electron chi connectivity index (χ3n) is 3.69. The second kappa shape index (κ2) is 7.65. The van der Waals surface area contributed by atoms with E-state index in [0.29, 0.717) is 21.0 Å². The van der Waals surface area contributed by atoms with Gasteiger partial charge in [0.15, 0.2) is 23.0 Å². The number of para-hydroxylation sites is 4. The summed E-state index contributed by atoms with van der Waals surface area (Å²) in [5.41, 5.74) is 1.64. The van der Waals surface area contributed by atoms with E-state index in [4.69, 9.17) is 9.47 Å². The molecule has 5 rings (SSSR count). The van der Waals surface area contributed by atoms with Crippen LogP contribution in [0.3, 0.4) is 0 Å². The van der Waals surface area contributed by atoms with Gasteiger partial charge in [0.25, 0.3) is 0 Å². The summed E-state index contributed by atoms with van der Waals surface area (Å²) in [7, 11) is 0.628. The normalized spacial score (nSPS) is 12.1. The molecule has 2 aliphatic heterocycles. The van der Waals surface area contributed by atoms with Gasteiger partial charge < -0.3 is 9.47 Å². The van der Waals surface area contributed by atoms with E-state index in [2.05, 4.69) is 49.9 Å². The van der Waals surface area contributed by atoms with Crippen molar-refractivity contribution in [3.63, 3.8) is 0 Å². The van der Waals surface area contributed by atoms with Crippen LogP contribution in [0, 0.1) is 0 Å². The molecule has 0 amide bonds. The summed E-state index contributed by atoms with van der Waals surface area (Å²) in [4.78, 5) is 9.25. The van der Waals surface area contributed by atoms with Crippen LogP contribution >= 0.6 is 40.0 Å². The fraction of sp³-hybridized carbons (Fsp3) is 0. The molecule has 2 aliphatic rings. The Morgan fingerprint density at radius 2 is 1.04 bits per heavy atom. The number of ether oxygens (including phenoxy) is 2. The van der Waals surface area contributed by atoms with E-state index in [1.54, 1.807) is 0 Å². The van der Waals surface area contributed by atoms with Gasteiger partial charge >= 0.3 is 49.4 Å². The fourth-order valence-corrected chi connectivity index (χ4v) is 2.64. The Morgan fingerprint density at radius 1 is 0.640 bits per heavy atom. The number of rotatable bonds is 0. The first-order valence-electron chi connectivity index (χ1n) is 7.36. The van der Waals surface area contributed by atoms with E-state index in [1.165, 1.54) is 0 Å². The van der Waals surface area contributed by atoms with Crippen LogP contribution in [0.2, 0.25) is 0 Å². The van der Waals surface area contributed by atoms with Gasteiger partial charge in [-0.3, -0.25) is 0 Å². The van der Waals surface area contributed by atoms with Crippen molar-refractivity contribution in [2.45, 2.75) is 0 Å². The molecule has 0 N–H and O–H groups in total. The Bertz CT molecular complexity index is 988. The number of benzene rings is 3. The Labute approximate surface area is 173 Å². The average Bonchev–Trinajstić information content (AvgIpc) is 2.63.